The molecule has 0 unspecified atom stereocenters. The molecule has 0 amide bonds. The van der Waals surface area contributed by atoms with Gasteiger partial charge in [0.1, 0.15) is 11.8 Å². The highest BCUT2D eigenvalue weighted by Crippen LogP contribution is 2.19. The number of carboxylic acid groups (broad SMARTS) is 1. The lowest BCUT2D eigenvalue weighted by molar-refractivity contribution is -0.132. The second-order valence-corrected chi connectivity index (χ2v) is 2.69. The van der Waals surface area contributed by atoms with Crippen LogP contribution in [0.3, 0.4) is 0 Å². The van der Waals surface area contributed by atoms with Crippen molar-refractivity contribution < 1.29 is 15.0 Å². The summed E-state index contributed by atoms with van der Waals surface area (Å²) in [6.45, 7) is 3.67. The van der Waals surface area contributed by atoms with Gasteiger partial charge in [-0.15, -0.1) is 0 Å². The van der Waals surface area contributed by atoms with Crippen LogP contribution in [0.15, 0.2) is 11.3 Å². The second-order valence-electron chi connectivity index (χ2n) is 2.69. The van der Waals surface area contributed by atoms with Crippen LogP contribution in [0.4, 0.5) is 0 Å². The molecule has 2 N–H and O–H groups in total. The molecule has 0 fully saturated rings. The minimum Gasteiger partial charge on any atom is -0.510 e. The summed E-state index contributed by atoms with van der Waals surface area (Å²) >= 11 is 0. The van der Waals surface area contributed by atoms with Crippen LogP contribution in [0.1, 0.15) is 26.7 Å². The van der Waals surface area contributed by atoms with Gasteiger partial charge in [0.25, 0.3) is 0 Å². The Morgan fingerprint density at radius 2 is 1.85 bits per heavy atom. The highest BCUT2D eigenvalue weighted by Gasteiger charge is 2.19. The van der Waals surface area contributed by atoms with Crippen LogP contribution < -0.4 is 0 Å². The van der Waals surface area contributed by atoms with E-state index >= 15 is 0 Å². The lowest BCUT2D eigenvalue weighted by atomic mass is 9.98. The summed E-state index contributed by atoms with van der Waals surface area (Å²) in [5.74, 6) is -1.90. The number of aliphatic hydroxyl groups is 1. The largest absolute Gasteiger partial charge is 0.510 e. The standard InChI is InChI=1S/C9H13NO3/c1-3-6(4-2)8(11)7(5-10)9(12)13/h6,11H,3-4H2,1-2H3,(H,12,13)/b8-7-. The van der Waals surface area contributed by atoms with E-state index < -0.39 is 11.5 Å². The van der Waals surface area contributed by atoms with Crippen LogP contribution in [-0.4, -0.2) is 16.2 Å². The maximum Gasteiger partial charge on any atom is 0.349 e. The molecule has 0 spiro atoms. The fourth-order valence-electron chi connectivity index (χ4n) is 1.09. The fraction of sp³-hybridized carbons (Fsp3) is 0.556. The maximum absolute atomic E-state index is 10.5. The first-order valence-electron chi connectivity index (χ1n) is 4.14. The first-order chi connectivity index (χ1) is 6.08. The number of hydrogen-bond donors (Lipinski definition) is 2. The van der Waals surface area contributed by atoms with Crippen LogP contribution in [-0.2, 0) is 4.79 Å². The third-order valence-electron chi connectivity index (χ3n) is 1.95. The SMILES string of the molecule is CCC(CC)/C(O)=C(\C#N)C(=O)O. The number of nitrogens with zero attached hydrogens (tertiary/aromatic N) is 1. The van der Waals surface area contributed by atoms with Gasteiger partial charge in [-0.05, 0) is 12.8 Å². The Labute approximate surface area is 77.1 Å². The molecule has 0 aliphatic heterocycles. The van der Waals surface area contributed by atoms with Gasteiger partial charge < -0.3 is 10.2 Å². The van der Waals surface area contributed by atoms with Gasteiger partial charge in [0.2, 0.25) is 0 Å². The monoisotopic (exact) mass is 183 g/mol. The summed E-state index contributed by atoms with van der Waals surface area (Å²) < 4.78 is 0. The molecule has 4 nitrogen and oxygen atoms in total. The minimum absolute atomic E-state index is 0.231. The number of aliphatic carboxylic acids is 1. The van der Waals surface area contributed by atoms with E-state index in [1.54, 1.807) is 0 Å². The van der Waals surface area contributed by atoms with Crippen LogP contribution in [0.5, 0.6) is 0 Å². The predicted molar refractivity (Wildman–Crippen MR) is 47.0 cm³/mol. The van der Waals surface area contributed by atoms with Crippen molar-refractivity contribution in [1.29, 1.82) is 5.26 Å². The summed E-state index contributed by atoms with van der Waals surface area (Å²) in [6.07, 6.45) is 1.25. The zero-order valence-electron chi connectivity index (χ0n) is 7.74. The van der Waals surface area contributed by atoms with E-state index in [1.807, 2.05) is 13.8 Å². The van der Waals surface area contributed by atoms with E-state index in [0.29, 0.717) is 12.8 Å². The summed E-state index contributed by atoms with van der Waals surface area (Å²) in [4.78, 5) is 10.5. The van der Waals surface area contributed by atoms with Crippen molar-refractivity contribution in [3.05, 3.63) is 11.3 Å². The Kier molecular flexibility index (Phi) is 4.60. The Morgan fingerprint density at radius 3 is 2.08 bits per heavy atom. The van der Waals surface area contributed by atoms with Crippen molar-refractivity contribution in [2.45, 2.75) is 26.7 Å². The van der Waals surface area contributed by atoms with Crippen molar-refractivity contribution in [1.82, 2.24) is 0 Å². The molecule has 13 heavy (non-hydrogen) atoms. The third kappa shape index (κ3) is 2.79. The molecule has 0 aromatic carbocycles. The van der Waals surface area contributed by atoms with Gasteiger partial charge in [-0.25, -0.2) is 4.79 Å². The Balaban J connectivity index is 4.96. The summed E-state index contributed by atoms with van der Waals surface area (Å²) in [7, 11) is 0. The number of carboxylic acids is 1. The maximum atomic E-state index is 10.5. The molecule has 0 saturated heterocycles. The smallest absolute Gasteiger partial charge is 0.349 e. The number of aliphatic hydroxyl groups excluding tert-OH is 1. The van der Waals surface area contributed by atoms with Crippen LogP contribution in [0.2, 0.25) is 0 Å². The molecule has 0 atom stereocenters. The Hall–Kier alpha value is -1.50. The molecule has 0 aliphatic carbocycles. The van der Waals surface area contributed by atoms with E-state index in [1.165, 1.54) is 6.07 Å². The van der Waals surface area contributed by atoms with Gasteiger partial charge in [0, 0.05) is 5.92 Å². The summed E-state index contributed by atoms with van der Waals surface area (Å²) in [5, 5.41) is 26.4. The summed E-state index contributed by atoms with van der Waals surface area (Å²) in [5.41, 5.74) is -0.547. The van der Waals surface area contributed by atoms with Gasteiger partial charge in [0.15, 0.2) is 5.57 Å². The fourth-order valence-corrected chi connectivity index (χ4v) is 1.09. The van der Waals surface area contributed by atoms with E-state index in [-0.39, 0.29) is 11.7 Å². The van der Waals surface area contributed by atoms with E-state index in [2.05, 4.69) is 0 Å². The first-order valence-corrected chi connectivity index (χ1v) is 4.14. The molecule has 0 bridgehead atoms. The number of rotatable bonds is 4. The quantitative estimate of drug-likeness (QED) is 0.396. The zero-order valence-corrected chi connectivity index (χ0v) is 7.74. The van der Waals surface area contributed by atoms with Crippen molar-refractivity contribution in [3.63, 3.8) is 0 Å². The van der Waals surface area contributed by atoms with Gasteiger partial charge in [0.05, 0.1) is 0 Å². The van der Waals surface area contributed by atoms with Crippen molar-refractivity contribution >= 4 is 5.97 Å². The lowest BCUT2D eigenvalue weighted by Crippen LogP contribution is -2.09. The lowest BCUT2D eigenvalue weighted by Gasteiger charge is -2.11. The highest BCUT2D eigenvalue weighted by molar-refractivity contribution is 5.91. The minimum atomic E-state index is -1.37. The van der Waals surface area contributed by atoms with Gasteiger partial charge in [-0.1, -0.05) is 13.8 Å². The topological polar surface area (TPSA) is 81.3 Å². The molecule has 0 heterocycles. The van der Waals surface area contributed by atoms with Crippen LogP contribution >= 0.6 is 0 Å². The van der Waals surface area contributed by atoms with Crippen LogP contribution in [0, 0.1) is 17.2 Å². The van der Waals surface area contributed by atoms with Crippen molar-refractivity contribution in [3.8, 4) is 6.07 Å². The van der Waals surface area contributed by atoms with Crippen molar-refractivity contribution in [2.24, 2.45) is 5.92 Å². The predicted octanol–water partition coefficient (Wildman–Crippen LogP) is 1.84. The highest BCUT2D eigenvalue weighted by atomic mass is 16.4. The number of carbonyl (C=O) groups is 1. The number of nitriles is 1. The van der Waals surface area contributed by atoms with Gasteiger partial charge in [-0.2, -0.15) is 5.26 Å². The molecule has 72 valence electrons. The number of allylic oxidation sites excluding steroid dienone is 1. The molecule has 0 aromatic rings. The molecule has 0 aliphatic rings. The molecular weight excluding hydrogens is 170 g/mol. The first kappa shape index (κ1) is 11.5. The molecular formula is C9H13NO3. The average Bonchev–Trinajstić information content (AvgIpc) is 2.07. The Morgan fingerprint density at radius 1 is 1.38 bits per heavy atom. The molecule has 0 saturated carbocycles. The van der Waals surface area contributed by atoms with E-state index in [4.69, 9.17) is 10.4 Å². The third-order valence-corrected chi connectivity index (χ3v) is 1.95. The van der Waals surface area contributed by atoms with Crippen LogP contribution in [0.25, 0.3) is 0 Å². The Bertz CT molecular complexity index is 259. The molecule has 4 heteroatoms. The van der Waals surface area contributed by atoms with Crippen molar-refractivity contribution in [2.75, 3.05) is 0 Å². The average molecular weight is 183 g/mol. The summed E-state index contributed by atoms with van der Waals surface area (Å²) in [6, 6.07) is 1.48. The molecule has 0 radical (unpaired) electrons. The van der Waals surface area contributed by atoms with Gasteiger partial charge >= 0.3 is 5.97 Å². The zero-order chi connectivity index (χ0) is 10.4. The molecule has 0 aromatic heterocycles. The van der Waals surface area contributed by atoms with Gasteiger partial charge in [-0.3, -0.25) is 0 Å². The molecule has 0 rings (SSSR count). The normalized spacial score (nSPS) is 12.2. The van der Waals surface area contributed by atoms with E-state index in [0.717, 1.165) is 0 Å². The van der Waals surface area contributed by atoms with E-state index in [9.17, 15) is 9.90 Å². The number of hydrogen-bond acceptors (Lipinski definition) is 3. The second kappa shape index (κ2) is 5.20.